The highest BCUT2D eigenvalue weighted by Crippen LogP contribution is 2.26. The Labute approximate surface area is 132 Å². The van der Waals surface area contributed by atoms with Crippen LogP contribution in [-0.4, -0.2) is 40.1 Å². The van der Waals surface area contributed by atoms with Crippen LogP contribution < -0.4 is 0 Å². The molecule has 1 aromatic rings. The molecule has 2 atom stereocenters. The predicted octanol–water partition coefficient (Wildman–Crippen LogP) is 2.57. The first-order chi connectivity index (χ1) is 10.5. The highest BCUT2D eigenvalue weighted by Gasteiger charge is 2.29. The number of likely N-dealkylation sites (tertiary alicyclic amines) is 1. The first kappa shape index (κ1) is 16.9. The number of aryl methyl sites for hydroxylation is 1. The molecule has 2 rings (SSSR count). The second-order valence-corrected chi connectivity index (χ2v) is 6.60. The molecule has 0 aliphatic carbocycles. The summed E-state index contributed by atoms with van der Waals surface area (Å²) in [5, 5.41) is 3.70. The number of aromatic nitrogens is 2. The van der Waals surface area contributed by atoms with Crippen molar-refractivity contribution in [2.24, 2.45) is 11.8 Å². The quantitative estimate of drug-likeness (QED) is 0.836. The first-order valence-corrected chi connectivity index (χ1v) is 8.13. The van der Waals surface area contributed by atoms with Gasteiger partial charge in [0.25, 0.3) is 5.89 Å². The molecule has 0 N–H and O–H groups in total. The smallest absolute Gasteiger partial charge is 0.252 e. The van der Waals surface area contributed by atoms with Crippen molar-refractivity contribution in [1.29, 1.82) is 0 Å². The van der Waals surface area contributed by atoms with Gasteiger partial charge in [-0.25, -0.2) is 0 Å². The van der Waals surface area contributed by atoms with Crippen LogP contribution in [0.3, 0.4) is 0 Å². The van der Waals surface area contributed by atoms with E-state index in [1.165, 1.54) is 6.42 Å². The highest BCUT2D eigenvalue weighted by molar-refractivity contribution is 5.77. The number of hydrogen-bond acceptors (Lipinski definition) is 5. The van der Waals surface area contributed by atoms with Gasteiger partial charge in [-0.1, -0.05) is 25.9 Å². The monoisotopic (exact) mass is 309 g/mol. The molecule has 1 fully saturated rings. The SMILES string of the molecule is Cc1noc(COCC(=O)N2CC[C@@H](C)CC[C@H]2C(C)C)n1. The molecule has 1 saturated heterocycles. The Morgan fingerprint density at radius 1 is 1.41 bits per heavy atom. The van der Waals surface area contributed by atoms with Gasteiger partial charge in [0.2, 0.25) is 5.91 Å². The lowest BCUT2D eigenvalue weighted by Gasteiger charge is -2.32. The number of nitrogens with zero attached hydrogens (tertiary/aromatic N) is 3. The maximum Gasteiger partial charge on any atom is 0.252 e. The largest absolute Gasteiger partial charge is 0.362 e. The molecule has 1 amide bonds. The summed E-state index contributed by atoms with van der Waals surface area (Å²) < 4.78 is 10.4. The van der Waals surface area contributed by atoms with Gasteiger partial charge in [-0.3, -0.25) is 4.79 Å². The normalized spacial score (nSPS) is 22.9. The zero-order valence-corrected chi connectivity index (χ0v) is 14.0. The molecule has 0 spiro atoms. The van der Waals surface area contributed by atoms with E-state index in [2.05, 4.69) is 30.9 Å². The summed E-state index contributed by atoms with van der Waals surface area (Å²) in [7, 11) is 0. The number of hydrogen-bond donors (Lipinski definition) is 0. The van der Waals surface area contributed by atoms with E-state index in [1.807, 2.05) is 4.90 Å². The molecule has 0 bridgehead atoms. The summed E-state index contributed by atoms with van der Waals surface area (Å²) >= 11 is 0. The van der Waals surface area contributed by atoms with Gasteiger partial charge in [0, 0.05) is 12.6 Å². The minimum atomic E-state index is 0.0593. The standard InChI is InChI=1S/C16H27N3O3/c1-11(2)14-6-5-12(3)7-8-19(14)16(20)10-21-9-15-17-13(4)18-22-15/h11-12,14H,5-10H2,1-4H3/t12-,14-/m0/s1. The van der Waals surface area contributed by atoms with Crippen LogP contribution in [-0.2, 0) is 16.1 Å². The van der Waals surface area contributed by atoms with Gasteiger partial charge in [-0.15, -0.1) is 0 Å². The second-order valence-electron chi connectivity index (χ2n) is 6.60. The Bertz CT molecular complexity index is 487. The van der Waals surface area contributed by atoms with Crippen LogP contribution in [0.15, 0.2) is 4.52 Å². The van der Waals surface area contributed by atoms with Crippen LogP contribution >= 0.6 is 0 Å². The van der Waals surface area contributed by atoms with E-state index in [-0.39, 0.29) is 19.1 Å². The van der Waals surface area contributed by atoms with Gasteiger partial charge in [0.15, 0.2) is 5.82 Å². The van der Waals surface area contributed by atoms with Crippen LogP contribution in [0.5, 0.6) is 0 Å². The van der Waals surface area contributed by atoms with Gasteiger partial charge in [0.05, 0.1) is 0 Å². The van der Waals surface area contributed by atoms with Crippen molar-refractivity contribution in [3.05, 3.63) is 11.7 Å². The Morgan fingerprint density at radius 3 is 2.82 bits per heavy atom. The van der Waals surface area contributed by atoms with E-state index in [1.54, 1.807) is 6.92 Å². The molecule has 0 unspecified atom stereocenters. The topological polar surface area (TPSA) is 68.5 Å². The third kappa shape index (κ3) is 4.53. The van der Waals surface area contributed by atoms with Crippen molar-refractivity contribution in [1.82, 2.24) is 15.0 Å². The molecule has 1 aromatic heterocycles. The molecule has 0 aromatic carbocycles. The van der Waals surface area contributed by atoms with Crippen molar-refractivity contribution in [2.45, 2.75) is 59.6 Å². The molecule has 124 valence electrons. The van der Waals surface area contributed by atoms with E-state index in [4.69, 9.17) is 9.26 Å². The van der Waals surface area contributed by atoms with E-state index >= 15 is 0 Å². The summed E-state index contributed by atoms with van der Waals surface area (Å²) in [5.41, 5.74) is 0. The molecule has 0 radical (unpaired) electrons. The van der Waals surface area contributed by atoms with Crippen molar-refractivity contribution >= 4 is 5.91 Å². The Kier molecular flexibility index (Phi) is 5.94. The maximum atomic E-state index is 12.5. The minimum absolute atomic E-state index is 0.0593. The fraction of sp³-hybridized carbons (Fsp3) is 0.812. The molecule has 22 heavy (non-hydrogen) atoms. The maximum absolute atomic E-state index is 12.5. The summed E-state index contributed by atoms with van der Waals surface area (Å²) in [6.45, 7) is 9.46. The number of carbonyl (C=O) groups excluding carboxylic acids is 1. The molecular weight excluding hydrogens is 282 g/mol. The molecule has 2 heterocycles. The number of rotatable bonds is 5. The lowest BCUT2D eigenvalue weighted by Crippen LogP contribution is -2.44. The second kappa shape index (κ2) is 7.72. The number of amides is 1. The first-order valence-electron chi connectivity index (χ1n) is 8.13. The summed E-state index contributed by atoms with van der Waals surface area (Å²) in [6.07, 6.45) is 3.33. The predicted molar refractivity (Wildman–Crippen MR) is 82.0 cm³/mol. The van der Waals surface area contributed by atoms with Crippen LogP contribution in [0, 0.1) is 18.8 Å². The summed E-state index contributed by atoms with van der Waals surface area (Å²) in [5.74, 6) is 2.19. The molecule has 1 aliphatic rings. The van der Waals surface area contributed by atoms with Gasteiger partial charge in [0.1, 0.15) is 13.2 Å². The Balaban J connectivity index is 1.88. The fourth-order valence-electron chi connectivity index (χ4n) is 2.99. The average molecular weight is 309 g/mol. The van der Waals surface area contributed by atoms with Crippen molar-refractivity contribution in [3.8, 4) is 0 Å². The van der Waals surface area contributed by atoms with Gasteiger partial charge in [-0.05, 0) is 38.0 Å². The Morgan fingerprint density at radius 2 is 2.18 bits per heavy atom. The van der Waals surface area contributed by atoms with Gasteiger partial charge < -0.3 is 14.2 Å². The van der Waals surface area contributed by atoms with Crippen LogP contribution in [0.4, 0.5) is 0 Å². The molecule has 6 nitrogen and oxygen atoms in total. The van der Waals surface area contributed by atoms with Crippen LogP contribution in [0.25, 0.3) is 0 Å². The summed E-state index contributed by atoms with van der Waals surface area (Å²) in [4.78, 5) is 18.6. The Hall–Kier alpha value is -1.43. The van der Waals surface area contributed by atoms with Gasteiger partial charge in [-0.2, -0.15) is 4.98 Å². The van der Waals surface area contributed by atoms with Crippen molar-refractivity contribution in [2.75, 3.05) is 13.2 Å². The zero-order valence-electron chi connectivity index (χ0n) is 14.0. The van der Waals surface area contributed by atoms with E-state index in [0.29, 0.717) is 29.6 Å². The molecule has 1 aliphatic heterocycles. The van der Waals surface area contributed by atoms with Crippen molar-refractivity contribution < 1.29 is 14.1 Å². The summed E-state index contributed by atoms with van der Waals surface area (Å²) in [6, 6.07) is 0.312. The minimum Gasteiger partial charge on any atom is -0.362 e. The highest BCUT2D eigenvalue weighted by atomic mass is 16.5. The third-order valence-electron chi connectivity index (χ3n) is 4.33. The zero-order chi connectivity index (χ0) is 16.1. The lowest BCUT2D eigenvalue weighted by molar-refractivity contribution is -0.140. The average Bonchev–Trinajstić information content (AvgIpc) is 2.76. The van der Waals surface area contributed by atoms with E-state index in [9.17, 15) is 4.79 Å². The lowest BCUT2D eigenvalue weighted by atomic mass is 9.95. The van der Waals surface area contributed by atoms with Crippen molar-refractivity contribution in [3.63, 3.8) is 0 Å². The molecule has 0 saturated carbocycles. The van der Waals surface area contributed by atoms with Crippen LogP contribution in [0.1, 0.15) is 51.7 Å². The van der Waals surface area contributed by atoms with E-state index < -0.39 is 0 Å². The number of ether oxygens (including phenoxy) is 1. The third-order valence-corrected chi connectivity index (χ3v) is 4.33. The van der Waals surface area contributed by atoms with Crippen LogP contribution in [0.2, 0.25) is 0 Å². The molecule has 6 heteroatoms. The number of carbonyl (C=O) groups is 1. The fourth-order valence-corrected chi connectivity index (χ4v) is 2.99. The van der Waals surface area contributed by atoms with E-state index in [0.717, 1.165) is 19.4 Å². The molecular formula is C16H27N3O3. The van der Waals surface area contributed by atoms with Gasteiger partial charge >= 0.3 is 0 Å².